The summed E-state index contributed by atoms with van der Waals surface area (Å²) in [4.78, 5) is 26.8. The molecule has 0 radical (unpaired) electrons. The second-order valence-electron chi connectivity index (χ2n) is 12.3. The molecule has 6 nitrogen and oxygen atoms in total. The van der Waals surface area contributed by atoms with Crippen LogP contribution in [0.3, 0.4) is 0 Å². The van der Waals surface area contributed by atoms with Gasteiger partial charge in [0.15, 0.2) is 0 Å². The topological polar surface area (TPSA) is 90.5 Å². The standard InChI is InChI=1S/C35H47F2N3O3/c1-7-9-13-35(33(43)38-6)20-23(3)14-26(21-35)32(42)40-30(18-25-16-28(36)19-29(37)17-25)31(41)22-39-34(4,5)27-12-10-11-24(8-2)15-27/h10-12,14-17,19-20,30-31,39,41H,7-9,13,18,21-22H2,1-6H3,(H,38,43)(H,40,42)/t30-,31+,35?/m0/s1. The normalized spacial score (nSPS) is 18.3. The molecule has 8 heteroatoms. The molecule has 2 aromatic rings. The number of aliphatic hydroxyl groups excluding tert-OH is 1. The Morgan fingerprint density at radius 2 is 1.77 bits per heavy atom. The van der Waals surface area contributed by atoms with Crippen molar-refractivity contribution in [2.45, 2.75) is 90.8 Å². The van der Waals surface area contributed by atoms with Gasteiger partial charge in [0.2, 0.25) is 11.8 Å². The van der Waals surface area contributed by atoms with Gasteiger partial charge in [0.05, 0.1) is 17.6 Å². The Hall–Kier alpha value is -3.36. The number of aliphatic hydroxyl groups is 1. The molecule has 43 heavy (non-hydrogen) atoms. The van der Waals surface area contributed by atoms with Crippen molar-refractivity contribution in [2.75, 3.05) is 13.6 Å². The molecule has 1 aliphatic carbocycles. The number of aryl methyl sites for hydroxylation is 1. The highest BCUT2D eigenvalue weighted by Crippen LogP contribution is 2.39. The van der Waals surface area contributed by atoms with Gasteiger partial charge in [0.1, 0.15) is 11.6 Å². The molecule has 0 heterocycles. The van der Waals surface area contributed by atoms with E-state index >= 15 is 0 Å². The van der Waals surface area contributed by atoms with E-state index in [4.69, 9.17) is 0 Å². The SMILES string of the molecule is CCCCC1(C(=O)NC)C=C(C)C=C(C(=O)N[C@@H](Cc2cc(F)cc(F)c2)[C@H](O)CNC(C)(C)c2cccc(CC)c2)C1. The lowest BCUT2D eigenvalue weighted by Crippen LogP contribution is -2.52. The molecule has 0 saturated heterocycles. The molecule has 234 valence electrons. The molecule has 4 N–H and O–H groups in total. The number of amides is 2. The predicted molar refractivity (Wildman–Crippen MR) is 167 cm³/mol. The summed E-state index contributed by atoms with van der Waals surface area (Å²) in [7, 11) is 1.59. The van der Waals surface area contributed by atoms with Gasteiger partial charge in [0.25, 0.3) is 0 Å². The van der Waals surface area contributed by atoms with E-state index in [1.807, 2.05) is 39.0 Å². The molecular formula is C35H47F2N3O3. The summed E-state index contributed by atoms with van der Waals surface area (Å²) in [5, 5.41) is 20.5. The summed E-state index contributed by atoms with van der Waals surface area (Å²) >= 11 is 0. The molecule has 2 aromatic carbocycles. The third-order valence-electron chi connectivity index (χ3n) is 8.33. The number of hydrogen-bond donors (Lipinski definition) is 4. The molecule has 2 amide bonds. The van der Waals surface area contributed by atoms with E-state index in [1.165, 1.54) is 17.7 Å². The van der Waals surface area contributed by atoms with Crippen molar-refractivity contribution in [3.05, 3.63) is 94.1 Å². The first kappa shape index (κ1) is 34.1. The van der Waals surface area contributed by atoms with Gasteiger partial charge < -0.3 is 21.1 Å². The van der Waals surface area contributed by atoms with E-state index in [0.717, 1.165) is 36.5 Å². The van der Waals surface area contributed by atoms with Crippen molar-refractivity contribution < 1.29 is 23.5 Å². The first-order valence-corrected chi connectivity index (χ1v) is 15.2. The number of halogens is 2. The van der Waals surface area contributed by atoms with Gasteiger partial charge >= 0.3 is 0 Å². The first-order chi connectivity index (χ1) is 20.3. The summed E-state index contributed by atoms with van der Waals surface area (Å²) < 4.78 is 28.1. The lowest BCUT2D eigenvalue weighted by molar-refractivity contribution is -0.128. The van der Waals surface area contributed by atoms with Crippen LogP contribution in [0.4, 0.5) is 8.78 Å². The minimum absolute atomic E-state index is 0.00748. The third-order valence-corrected chi connectivity index (χ3v) is 8.33. The number of allylic oxidation sites excluding steroid dienone is 2. The van der Waals surface area contributed by atoms with Crippen LogP contribution in [0.2, 0.25) is 0 Å². The summed E-state index contributed by atoms with van der Waals surface area (Å²) in [6.07, 6.45) is 6.04. The van der Waals surface area contributed by atoms with Crippen LogP contribution < -0.4 is 16.0 Å². The largest absolute Gasteiger partial charge is 0.390 e. The second kappa shape index (κ2) is 14.9. The molecule has 0 fully saturated rings. The van der Waals surface area contributed by atoms with Crippen LogP contribution >= 0.6 is 0 Å². The average molecular weight is 596 g/mol. The van der Waals surface area contributed by atoms with Crippen LogP contribution in [0.15, 0.2) is 65.8 Å². The fourth-order valence-electron chi connectivity index (χ4n) is 5.81. The lowest BCUT2D eigenvalue weighted by atomic mass is 9.72. The highest BCUT2D eigenvalue weighted by Gasteiger charge is 2.39. The highest BCUT2D eigenvalue weighted by atomic mass is 19.1. The van der Waals surface area contributed by atoms with Crippen molar-refractivity contribution in [1.29, 1.82) is 0 Å². The molecule has 0 bridgehead atoms. The van der Waals surface area contributed by atoms with E-state index in [2.05, 4.69) is 41.9 Å². The highest BCUT2D eigenvalue weighted by molar-refractivity contribution is 5.97. The number of nitrogens with one attached hydrogen (secondary N) is 3. The maximum atomic E-state index is 14.1. The van der Waals surface area contributed by atoms with Crippen LogP contribution in [0.1, 0.15) is 77.0 Å². The van der Waals surface area contributed by atoms with Crippen LogP contribution in [0.5, 0.6) is 0 Å². The maximum absolute atomic E-state index is 14.1. The first-order valence-electron chi connectivity index (χ1n) is 15.2. The molecule has 3 rings (SSSR count). The van der Waals surface area contributed by atoms with Gasteiger partial charge in [-0.15, -0.1) is 0 Å². The number of rotatable bonds is 14. The van der Waals surface area contributed by atoms with Crippen molar-refractivity contribution in [3.63, 3.8) is 0 Å². The Kier molecular flexibility index (Phi) is 11.8. The Morgan fingerprint density at radius 1 is 1.07 bits per heavy atom. The number of carbonyl (C=O) groups excluding carboxylic acids is 2. The zero-order chi connectivity index (χ0) is 31.8. The lowest BCUT2D eigenvalue weighted by Gasteiger charge is -2.34. The van der Waals surface area contributed by atoms with E-state index in [1.54, 1.807) is 13.1 Å². The fraction of sp³-hybridized carbons (Fsp3) is 0.486. The van der Waals surface area contributed by atoms with E-state index < -0.39 is 40.6 Å². The van der Waals surface area contributed by atoms with Gasteiger partial charge in [0, 0.05) is 30.8 Å². The quantitative estimate of drug-likeness (QED) is 0.228. The second-order valence-corrected chi connectivity index (χ2v) is 12.3. The Bertz CT molecular complexity index is 1330. The van der Waals surface area contributed by atoms with Crippen LogP contribution in [0, 0.1) is 17.0 Å². The summed E-state index contributed by atoms with van der Waals surface area (Å²) in [5.41, 5.74) is 2.45. The fourth-order valence-corrected chi connectivity index (χ4v) is 5.81. The molecule has 1 aliphatic rings. The van der Waals surface area contributed by atoms with Gasteiger partial charge in [-0.3, -0.25) is 9.59 Å². The van der Waals surface area contributed by atoms with Crippen LogP contribution in [0.25, 0.3) is 0 Å². The van der Waals surface area contributed by atoms with Crippen molar-refractivity contribution in [1.82, 2.24) is 16.0 Å². The van der Waals surface area contributed by atoms with Gasteiger partial charge in [-0.2, -0.15) is 0 Å². The molecular weight excluding hydrogens is 548 g/mol. The predicted octanol–water partition coefficient (Wildman–Crippen LogP) is 5.64. The minimum atomic E-state index is -1.09. The minimum Gasteiger partial charge on any atom is -0.390 e. The van der Waals surface area contributed by atoms with E-state index in [0.29, 0.717) is 17.6 Å². The number of unbranched alkanes of at least 4 members (excludes halogenated alkanes) is 1. The van der Waals surface area contributed by atoms with Gasteiger partial charge in [-0.1, -0.05) is 68.7 Å². The maximum Gasteiger partial charge on any atom is 0.247 e. The number of hydrogen-bond acceptors (Lipinski definition) is 4. The molecule has 0 aromatic heterocycles. The molecule has 0 aliphatic heterocycles. The molecule has 3 atom stereocenters. The van der Waals surface area contributed by atoms with Gasteiger partial charge in [-0.25, -0.2) is 8.78 Å². The smallest absolute Gasteiger partial charge is 0.247 e. The van der Waals surface area contributed by atoms with Crippen molar-refractivity contribution in [2.24, 2.45) is 5.41 Å². The van der Waals surface area contributed by atoms with Gasteiger partial charge in [-0.05, 0) is 75.3 Å². The molecule has 1 unspecified atom stereocenters. The molecule has 0 saturated carbocycles. The summed E-state index contributed by atoms with van der Waals surface area (Å²) in [5.74, 6) is -2.03. The van der Waals surface area contributed by atoms with Crippen molar-refractivity contribution >= 4 is 11.8 Å². The summed E-state index contributed by atoms with van der Waals surface area (Å²) in [6.45, 7) is 10.1. The Morgan fingerprint density at radius 3 is 2.40 bits per heavy atom. The zero-order valence-electron chi connectivity index (χ0n) is 26.3. The number of benzene rings is 2. The van der Waals surface area contributed by atoms with Crippen LogP contribution in [-0.4, -0.2) is 42.7 Å². The third kappa shape index (κ3) is 9.07. The van der Waals surface area contributed by atoms with E-state index in [9.17, 15) is 23.5 Å². The average Bonchev–Trinajstić information content (AvgIpc) is 2.97. The molecule has 0 spiro atoms. The number of carbonyl (C=O) groups is 2. The monoisotopic (exact) mass is 595 g/mol. The Balaban J connectivity index is 1.86. The Labute approximate surface area is 255 Å². The summed E-state index contributed by atoms with van der Waals surface area (Å²) in [6, 6.07) is 10.6. The van der Waals surface area contributed by atoms with Crippen LogP contribution in [-0.2, 0) is 28.0 Å². The van der Waals surface area contributed by atoms with E-state index in [-0.39, 0.29) is 25.3 Å². The van der Waals surface area contributed by atoms with Crippen molar-refractivity contribution in [3.8, 4) is 0 Å². The zero-order valence-corrected chi connectivity index (χ0v) is 26.3.